The van der Waals surface area contributed by atoms with Crippen LogP contribution in [0.5, 0.6) is 11.5 Å². The molecule has 0 spiro atoms. The van der Waals surface area contributed by atoms with E-state index < -0.39 is 4.92 Å². The van der Waals surface area contributed by atoms with Crippen molar-refractivity contribution in [3.63, 3.8) is 0 Å². The zero-order chi connectivity index (χ0) is 13.0. The third kappa shape index (κ3) is 2.59. The summed E-state index contributed by atoms with van der Waals surface area (Å²) in [6, 6.07) is 12.2. The Hall–Kier alpha value is -2.94. The zero-order valence-electron chi connectivity index (χ0n) is 9.19. The predicted octanol–water partition coefficient (Wildman–Crippen LogP) is 3.87. The van der Waals surface area contributed by atoms with E-state index in [0.29, 0.717) is 17.2 Å². The van der Waals surface area contributed by atoms with Gasteiger partial charge in [-0.3, -0.25) is 10.1 Å². The fourth-order valence-corrected chi connectivity index (χ4v) is 1.38. The van der Waals surface area contributed by atoms with Crippen LogP contribution in [-0.4, -0.2) is 4.92 Å². The molecule has 2 rings (SSSR count). The minimum Gasteiger partial charge on any atom is -0.457 e. The van der Waals surface area contributed by atoms with Gasteiger partial charge in [0, 0.05) is 18.2 Å². The van der Waals surface area contributed by atoms with Crippen molar-refractivity contribution in [3.05, 3.63) is 63.6 Å². The van der Waals surface area contributed by atoms with E-state index >= 15 is 0 Å². The lowest BCUT2D eigenvalue weighted by atomic mass is 10.3. The highest BCUT2D eigenvalue weighted by Gasteiger charge is 2.08. The summed E-state index contributed by atoms with van der Waals surface area (Å²) in [6.07, 6.45) is 0. The van der Waals surface area contributed by atoms with E-state index in [1.807, 2.05) is 0 Å². The fourth-order valence-electron chi connectivity index (χ4n) is 1.38. The van der Waals surface area contributed by atoms with E-state index in [-0.39, 0.29) is 5.69 Å². The average Bonchev–Trinajstić information content (AvgIpc) is 2.39. The molecule has 0 aromatic heterocycles. The van der Waals surface area contributed by atoms with Gasteiger partial charge in [0.15, 0.2) is 4.98 Å². The van der Waals surface area contributed by atoms with Crippen LogP contribution < -0.4 is 4.74 Å². The maximum atomic E-state index is 10.5. The van der Waals surface area contributed by atoms with Crippen molar-refractivity contribution in [2.75, 3.05) is 0 Å². The lowest BCUT2D eigenvalue weighted by Crippen LogP contribution is -1.88. The molecule has 0 atom stereocenters. The SMILES string of the molecule is N#[N+]c1cccc(Oc2ccc([N+](=O)[O-])cc2)c1. The Morgan fingerprint density at radius 3 is 2.44 bits per heavy atom. The summed E-state index contributed by atoms with van der Waals surface area (Å²) in [5.74, 6) is 0.954. The van der Waals surface area contributed by atoms with Crippen molar-refractivity contribution >= 4 is 11.4 Å². The van der Waals surface area contributed by atoms with Gasteiger partial charge in [0.05, 0.1) is 11.0 Å². The van der Waals surface area contributed by atoms with Crippen LogP contribution in [0, 0.1) is 15.5 Å². The number of hydrogen-bond donors (Lipinski definition) is 0. The van der Waals surface area contributed by atoms with E-state index in [9.17, 15) is 10.1 Å². The van der Waals surface area contributed by atoms with E-state index in [1.165, 1.54) is 24.3 Å². The van der Waals surface area contributed by atoms with E-state index in [4.69, 9.17) is 10.1 Å². The Morgan fingerprint density at radius 2 is 1.83 bits per heavy atom. The second-order valence-corrected chi connectivity index (χ2v) is 3.45. The van der Waals surface area contributed by atoms with Gasteiger partial charge in [-0.15, -0.1) is 0 Å². The average molecular weight is 242 g/mol. The molecular weight excluding hydrogens is 234 g/mol. The number of nitro groups is 1. The van der Waals surface area contributed by atoms with Gasteiger partial charge in [0.2, 0.25) is 5.39 Å². The van der Waals surface area contributed by atoms with Gasteiger partial charge in [-0.1, -0.05) is 6.07 Å². The Morgan fingerprint density at radius 1 is 1.11 bits per heavy atom. The van der Waals surface area contributed by atoms with Crippen LogP contribution in [0.25, 0.3) is 4.98 Å². The molecule has 0 amide bonds. The molecule has 0 radical (unpaired) electrons. The highest BCUT2D eigenvalue weighted by atomic mass is 16.6. The van der Waals surface area contributed by atoms with Crippen molar-refractivity contribution in [1.29, 1.82) is 5.39 Å². The number of nitro benzene ring substituents is 1. The quantitative estimate of drug-likeness (QED) is 0.464. The molecule has 88 valence electrons. The minimum absolute atomic E-state index is 0.00135. The normalized spacial score (nSPS) is 9.50. The molecule has 2 aromatic rings. The summed E-state index contributed by atoms with van der Waals surface area (Å²) >= 11 is 0. The Kier molecular flexibility index (Phi) is 3.16. The lowest BCUT2D eigenvalue weighted by Gasteiger charge is -2.03. The smallest absolute Gasteiger partial charge is 0.388 e. The largest absolute Gasteiger partial charge is 0.457 e. The van der Waals surface area contributed by atoms with Gasteiger partial charge in [-0.25, -0.2) is 0 Å². The second-order valence-electron chi connectivity index (χ2n) is 3.45. The molecule has 18 heavy (non-hydrogen) atoms. The Bertz CT molecular complexity index is 617. The number of non-ortho nitro benzene ring substituents is 1. The molecule has 6 nitrogen and oxygen atoms in total. The van der Waals surface area contributed by atoms with Crippen LogP contribution >= 0.6 is 0 Å². The predicted molar refractivity (Wildman–Crippen MR) is 64.4 cm³/mol. The monoisotopic (exact) mass is 242 g/mol. The third-order valence-corrected chi connectivity index (χ3v) is 2.22. The topological polar surface area (TPSA) is 80.5 Å². The van der Waals surface area contributed by atoms with Crippen LogP contribution in [0.1, 0.15) is 0 Å². The molecule has 6 heteroatoms. The number of benzene rings is 2. The van der Waals surface area contributed by atoms with E-state index in [1.54, 1.807) is 24.3 Å². The van der Waals surface area contributed by atoms with Crippen molar-refractivity contribution in [3.8, 4) is 11.5 Å². The van der Waals surface area contributed by atoms with Gasteiger partial charge in [0.1, 0.15) is 11.5 Å². The molecule has 0 saturated heterocycles. The number of rotatable bonds is 3. The summed E-state index contributed by atoms with van der Waals surface area (Å²) in [7, 11) is 0. The number of nitrogens with zero attached hydrogens (tertiary/aromatic N) is 3. The highest BCUT2D eigenvalue weighted by molar-refractivity contribution is 5.49. The maximum Gasteiger partial charge on any atom is 0.388 e. The number of diazo groups is 1. The summed E-state index contributed by atoms with van der Waals surface area (Å²) < 4.78 is 5.46. The molecular formula is C12H8N3O3+. The second kappa shape index (κ2) is 4.93. The first kappa shape index (κ1) is 11.5. The molecule has 0 aliphatic carbocycles. The zero-order valence-corrected chi connectivity index (χ0v) is 9.19. The summed E-state index contributed by atoms with van der Waals surface area (Å²) in [5.41, 5.74) is 0.371. The Labute approximate surface area is 102 Å². The van der Waals surface area contributed by atoms with Crippen molar-refractivity contribution in [2.24, 2.45) is 0 Å². The summed E-state index contributed by atoms with van der Waals surface area (Å²) in [5, 5.41) is 19.1. The number of ether oxygens (including phenoxy) is 1. The van der Waals surface area contributed by atoms with Gasteiger partial charge >= 0.3 is 5.69 Å². The first-order chi connectivity index (χ1) is 8.69. The Balaban J connectivity index is 2.18. The van der Waals surface area contributed by atoms with Crippen molar-refractivity contribution in [2.45, 2.75) is 0 Å². The minimum atomic E-state index is -0.477. The third-order valence-electron chi connectivity index (χ3n) is 2.22. The van der Waals surface area contributed by atoms with Crippen LogP contribution in [0.3, 0.4) is 0 Å². The van der Waals surface area contributed by atoms with Crippen LogP contribution in [0.4, 0.5) is 11.4 Å². The molecule has 0 aliphatic heterocycles. The van der Waals surface area contributed by atoms with Gasteiger partial charge < -0.3 is 4.74 Å². The maximum absolute atomic E-state index is 10.5. The fraction of sp³-hybridized carbons (Fsp3) is 0. The molecule has 0 heterocycles. The molecule has 0 N–H and O–H groups in total. The molecule has 2 aromatic carbocycles. The summed E-state index contributed by atoms with van der Waals surface area (Å²) in [4.78, 5) is 13.0. The highest BCUT2D eigenvalue weighted by Crippen LogP contribution is 2.26. The van der Waals surface area contributed by atoms with Gasteiger partial charge in [0.25, 0.3) is 5.69 Å². The molecule has 0 unspecified atom stereocenters. The number of hydrogen-bond acceptors (Lipinski definition) is 4. The molecule has 0 bridgehead atoms. The first-order valence-corrected chi connectivity index (χ1v) is 5.06. The van der Waals surface area contributed by atoms with Gasteiger partial charge in [-0.2, -0.15) is 0 Å². The van der Waals surface area contributed by atoms with Gasteiger partial charge in [-0.05, 0) is 18.2 Å². The lowest BCUT2D eigenvalue weighted by molar-refractivity contribution is -0.384. The van der Waals surface area contributed by atoms with Crippen LogP contribution in [0.2, 0.25) is 0 Å². The molecule has 0 saturated carbocycles. The molecule has 0 fully saturated rings. The standard InChI is InChI=1S/C12H8N3O3/c13-14-9-2-1-3-12(8-9)18-11-6-4-10(5-7-11)15(16)17/h1-8H/q+1. The van der Waals surface area contributed by atoms with E-state index in [2.05, 4.69) is 4.98 Å². The molecule has 0 aliphatic rings. The van der Waals surface area contributed by atoms with Crippen LogP contribution in [-0.2, 0) is 0 Å². The van der Waals surface area contributed by atoms with Crippen LogP contribution in [0.15, 0.2) is 48.5 Å². The summed E-state index contributed by atoms with van der Waals surface area (Å²) in [6.45, 7) is 0. The van der Waals surface area contributed by atoms with Crippen molar-refractivity contribution < 1.29 is 9.66 Å². The van der Waals surface area contributed by atoms with E-state index in [0.717, 1.165) is 0 Å². The first-order valence-electron chi connectivity index (χ1n) is 5.06. The van der Waals surface area contributed by atoms with Crippen molar-refractivity contribution in [1.82, 2.24) is 0 Å².